The Labute approximate surface area is 115 Å². The van der Waals surface area contributed by atoms with Gasteiger partial charge in [0.2, 0.25) is 0 Å². The maximum atomic E-state index is 11.6. The smallest absolute Gasteiger partial charge is 0.325 e. The summed E-state index contributed by atoms with van der Waals surface area (Å²) in [4.78, 5) is 13.7. The highest BCUT2D eigenvalue weighted by Gasteiger charge is 2.29. The molecule has 1 N–H and O–H groups in total. The van der Waals surface area contributed by atoms with Crippen LogP contribution in [-0.4, -0.2) is 29.1 Å². The molecule has 104 valence electrons. The van der Waals surface area contributed by atoms with E-state index in [0.717, 1.165) is 18.4 Å². The number of hydrogen-bond acceptors (Lipinski definition) is 2. The van der Waals surface area contributed by atoms with Crippen molar-refractivity contribution in [3.63, 3.8) is 0 Å². The fourth-order valence-corrected chi connectivity index (χ4v) is 3.06. The fourth-order valence-electron chi connectivity index (χ4n) is 3.06. The van der Waals surface area contributed by atoms with Gasteiger partial charge in [-0.05, 0) is 25.5 Å². The molecule has 1 atom stereocenters. The van der Waals surface area contributed by atoms with Crippen LogP contribution in [0.25, 0.3) is 0 Å². The molecule has 0 aromatic heterocycles. The molecule has 0 radical (unpaired) electrons. The molecule has 3 heteroatoms. The van der Waals surface area contributed by atoms with Crippen LogP contribution in [0.5, 0.6) is 0 Å². The number of likely N-dealkylation sites (N-methyl/N-ethyl adjacent to an activating group) is 1. The zero-order chi connectivity index (χ0) is 13.7. The quantitative estimate of drug-likeness (QED) is 0.844. The van der Waals surface area contributed by atoms with Crippen LogP contribution in [0, 0.1) is 0 Å². The van der Waals surface area contributed by atoms with Gasteiger partial charge >= 0.3 is 5.97 Å². The molecule has 0 bridgehead atoms. The third-order valence-corrected chi connectivity index (χ3v) is 4.16. The summed E-state index contributed by atoms with van der Waals surface area (Å²) in [6.07, 6.45) is 7.24. The number of carbonyl (C=O) groups is 1. The lowest BCUT2D eigenvalue weighted by molar-refractivity contribution is -0.144. The molecule has 1 fully saturated rings. The summed E-state index contributed by atoms with van der Waals surface area (Å²) >= 11 is 0. The molecule has 2 rings (SSSR count). The number of aliphatic carboxylic acids is 1. The lowest BCUT2D eigenvalue weighted by Crippen LogP contribution is -2.38. The van der Waals surface area contributed by atoms with Crippen molar-refractivity contribution in [2.24, 2.45) is 0 Å². The van der Waals surface area contributed by atoms with Crippen LogP contribution in [0.4, 0.5) is 0 Å². The molecule has 1 aromatic rings. The van der Waals surface area contributed by atoms with E-state index in [0.29, 0.717) is 6.04 Å². The molecule has 1 aliphatic rings. The van der Waals surface area contributed by atoms with Gasteiger partial charge < -0.3 is 5.11 Å². The molecule has 0 spiro atoms. The van der Waals surface area contributed by atoms with Gasteiger partial charge in [-0.15, -0.1) is 0 Å². The molecule has 1 saturated carbocycles. The Morgan fingerprint density at radius 1 is 1.16 bits per heavy atom. The van der Waals surface area contributed by atoms with E-state index in [-0.39, 0.29) is 0 Å². The Kier molecular flexibility index (Phi) is 4.97. The topological polar surface area (TPSA) is 40.5 Å². The van der Waals surface area contributed by atoms with Crippen LogP contribution in [0.3, 0.4) is 0 Å². The highest BCUT2D eigenvalue weighted by Crippen LogP contribution is 2.28. The maximum absolute atomic E-state index is 11.6. The van der Waals surface area contributed by atoms with E-state index < -0.39 is 12.0 Å². The lowest BCUT2D eigenvalue weighted by Gasteiger charge is -2.32. The maximum Gasteiger partial charge on any atom is 0.325 e. The van der Waals surface area contributed by atoms with Crippen molar-refractivity contribution >= 4 is 5.97 Å². The summed E-state index contributed by atoms with van der Waals surface area (Å²) in [6.45, 7) is 0. The van der Waals surface area contributed by atoms with Gasteiger partial charge in [-0.1, -0.05) is 56.0 Å². The predicted octanol–water partition coefficient (Wildman–Crippen LogP) is 3.47. The molecule has 1 aliphatic carbocycles. The van der Waals surface area contributed by atoms with Gasteiger partial charge in [0.25, 0.3) is 0 Å². The van der Waals surface area contributed by atoms with E-state index in [2.05, 4.69) is 4.90 Å². The molecular formula is C16H23NO2. The summed E-state index contributed by atoms with van der Waals surface area (Å²) in [6, 6.07) is 9.43. The van der Waals surface area contributed by atoms with Crippen molar-refractivity contribution in [2.75, 3.05) is 7.05 Å². The average Bonchev–Trinajstić information content (AvgIpc) is 2.68. The second-order valence-electron chi connectivity index (χ2n) is 5.46. The van der Waals surface area contributed by atoms with Crippen molar-refractivity contribution in [1.29, 1.82) is 0 Å². The summed E-state index contributed by atoms with van der Waals surface area (Å²) in [5, 5.41) is 9.56. The molecule has 0 heterocycles. The first kappa shape index (κ1) is 14.1. The molecule has 0 amide bonds. The number of nitrogens with zero attached hydrogens (tertiary/aromatic N) is 1. The first-order chi connectivity index (χ1) is 9.20. The first-order valence-electron chi connectivity index (χ1n) is 7.20. The van der Waals surface area contributed by atoms with Crippen LogP contribution in [0.2, 0.25) is 0 Å². The summed E-state index contributed by atoms with van der Waals surface area (Å²) in [7, 11) is 1.96. The van der Waals surface area contributed by atoms with Crippen molar-refractivity contribution < 1.29 is 9.90 Å². The van der Waals surface area contributed by atoms with E-state index in [9.17, 15) is 9.90 Å². The molecule has 1 aromatic carbocycles. The molecule has 0 saturated heterocycles. The Bertz CT molecular complexity index is 396. The molecule has 19 heavy (non-hydrogen) atoms. The SMILES string of the molecule is CN(C1CCCCCC1)C(C(=O)O)c1ccccc1. The van der Waals surface area contributed by atoms with E-state index in [1.165, 1.54) is 25.7 Å². The van der Waals surface area contributed by atoms with E-state index in [1.54, 1.807) is 0 Å². The highest BCUT2D eigenvalue weighted by atomic mass is 16.4. The predicted molar refractivity (Wildman–Crippen MR) is 76.1 cm³/mol. The van der Waals surface area contributed by atoms with Crippen molar-refractivity contribution in [1.82, 2.24) is 4.90 Å². The van der Waals surface area contributed by atoms with Crippen molar-refractivity contribution in [3.05, 3.63) is 35.9 Å². The third kappa shape index (κ3) is 3.57. The van der Waals surface area contributed by atoms with Crippen LogP contribution in [-0.2, 0) is 4.79 Å². The normalized spacial score (nSPS) is 19.1. The van der Waals surface area contributed by atoms with Gasteiger partial charge in [0.15, 0.2) is 0 Å². The first-order valence-corrected chi connectivity index (χ1v) is 7.20. The zero-order valence-electron chi connectivity index (χ0n) is 11.6. The fraction of sp³-hybridized carbons (Fsp3) is 0.562. The average molecular weight is 261 g/mol. The minimum Gasteiger partial charge on any atom is -0.480 e. The Hall–Kier alpha value is -1.35. The number of benzene rings is 1. The molecule has 1 unspecified atom stereocenters. The van der Waals surface area contributed by atoms with Gasteiger partial charge in [0.05, 0.1) is 0 Å². The number of rotatable bonds is 4. The Morgan fingerprint density at radius 2 is 1.74 bits per heavy atom. The highest BCUT2D eigenvalue weighted by molar-refractivity contribution is 5.75. The number of carboxylic acids is 1. The van der Waals surface area contributed by atoms with Gasteiger partial charge in [0.1, 0.15) is 6.04 Å². The van der Waals surface area contributed by atoms with E-state index in [1.807, 2.05) is 37.4 Å². The van der Waals surface area contributed by atoms with Crippen LogP contribution in [0.15, 0.2) is 30.3 Å². The standard InChI is InChI=1S/C16H23NO2/c1-17(14-11-7-2-3-8-12-14)15(16(18)19)13-9-5-4-6-10-13/h4-6,9-10,14-15H,2-3,7-8,11-12H2,1H3,(H,18,19). The minimum absolute atomic E-state index is 0.392. The molecule has 3 nitrogen and oxygen atoms in total. The lowest BCUT2D eigenvalue weighted by atomic mass is 10.0. The van der Waals surface area contributed by atoms with Crippen molar-refractivity contribution in [2.45, 2.75) is 50.6 Å². The summed E-state index contributed by atoms with van der Waals surface area (Å²) in [5.74, 6) is -0.752. The van der Waals surface area contributed by atoms with Crippen LogP contribution in [0.1, 0.15) is 50.1 Å². The largest absolute Gasteiger partial charge is 0.480 e. The number of hydrogen-bond donors (Lipinski definition) is 1. The van der Waals surface area contributed by atoms with Gasteiger partial charge in [-0.25, -0.2) is 0 Å². The van der Waals surface area contributed by atoms with Gasteiger partial charge in [0, 0.05) is 6.04 Å². The monoisotopic (exact) mass is 261 g/mol. The Morgan fingerprint density at radius 3 is 2.26 bits per heavy atom. The van der Waals surface area contributed by atoms with Gasteiger partial charge in [-0.3, -0.25) is 9.69 Å². The van der Waals surface area contributed by atoms with E-state index >= 15 is 0 Å². The molecule has 0 aliphatic heterocycles. The van der Waals surface area contributed by atoms with Crippen LogP contribution < -0.4 is 0 Å². The summed E-state index contributed by atoms with van der Waals surface area (Å²) < 4.78 is 0. The Balaban J connectivity index is 2.16. The second kappa shape index (κ2) is 6.71. The number of carboxylic acid groups (broad SMARTS) is 1. The zero-order valence-corrected chi connectivity index (χ0v) is 11.6. The minimum atomic E-state index is -0.752. The molecular weight excluding hydrogens is 238 g/mol. The van der Waals surface area contributed by atoms with Gasteiger partial charge in [-0.2, -0.15) is 0 Å². The van der Waals surface area contributed by atoms with Crippen LogP contribution >= 0.6 is 0 Å². The summed E-state index contributed by atoms with van der Waals surface area (Å²) in [5.41, 5.74) is 0.877. The van der Waals surface area contributed by atoms with Crippen molar-refractivity contribution in [3.8, 4) is 0 Å². The second-order valence-corrected chi connectivity index (χ2v) is 5.46. The third-order valence-electron chi connectivity index (χ3n) is 4.16. The van der Waals surface area contributed by atoms with E-state index in [4.69, 9.17) is 0 Å².